The van der Waals surface area contributed by atoms with E-state index >= 15 is 0 Å². The second-order valence-electron chi connectivity index (χ2n) is 3.25. The maximum absolute atomic E-state index is 4.34. The molecule has 0 saturated heterocycles. The second-order valence-corrected chi connectivity index (χ2v) is 3.25. The largest absolute Gasteiger partial charge is 0.388 e. The summed E-state index contributed by atoms with van der Waals surface area (Å²) in [5.74, 6) is 0. The Morgan fingerprint density at radius 2 is 2.07 bits per heavy atom. The van der Waals surface area contributed by atoms with Gasteiger partial charge >= 0.3 is 0 Å². The molecule has 0 saturated carbocycles. The van der Waals surface area contributed by atoms with Gasteiger partial charge < -0.3 is 5.32 Å². The van der Waals surface area contributed by atoms with Crippen molar-refractivity contribution in [3.63, 3.8) is 0 Å². The Balaban J connectivity index is 2.65. The van der Waals surface area contributed by atoms with E-state index in [1.54, 1.807) is 0 Å². The molecule has 14 heavy (non-hydrogen) atoms. The van der Waals surface area contributed by atoms with Gasteiger partial charge in [0.15, 0.2) is 0 Å². The van der Waals surface area contributed by atoms with Crippen LogP contribution in [-0.4, -0.2) is 30.0 Å². The van der Waals surface area contributed by atoms with Crippen molar-refractivity contribution in [3.05, 3.63) is 24.0 Å². The summed E-state index contributed by atoms with van der Waals surface area (Å²) in [6.45, 7) is 7.42. The number of pyridine rings is 1. The van der Waals surface area contributed by atoms with Gasteiger partial charge in [0.1, 0.15) is 0 Å². The van der Waals surface area contributed by atoms with Crippen LogP contribution in [0.5, 0.6) is 0 Å². The molecule has 0 unspecified atom stereocenters. The van der Waals surface area contributed by atoms with Gasteiger partial charge in [-0.3, -0.25) is 9.88 Å². The van der Waals surface area contributed by atoms with E-state index in [1.807, 2.05) is 19.3 Å². The highest BCUT2D eigenvalue weighted by molar-refractivity contribution is 5.42. The highest BCUT2D eigenvalue weighted by Crippen LogP contribution is 2.08. The molecule has 1 aromatic rings. The molecule has 0 aliphatic rings. The van der Waals surface area contributed by atoms with Crippen molar-refractivity contribution < 1.29 is 0 Å². The maximum Gasteiger partial charge on any atom is 0.0564 e. The van der Waals surface area contributed by atoms with Crippen LogP contribution in [0.15, 0.2) is 18.3 Å². The Labute approximate surface area is 86.2 Å². The van der Waals surface area contributed by atoms with Gasteiger partial charge in [-0.25, -0.2) is 0 Å². The number of rotatable bonds is 5. The van der Waals surface area contributed by atoms with Crippen LogP contribution in [0.3, 0.4) is 0 Å². The van der Waals surface area contributed by atoms with Gasteiger partial charge in [-0.15, -0.1) is 0 Å². The number of aromatic nitrogens is 1. The lowest BCUT2D eigenvalue weighted by atomic mass is 10.3. The number of nitrogens with zero attached hydrogens (tertiary/aromatic N) is 2. The summed E-state index contributed by atoms with van der Waals surface area (Å²) in [6, 6.07) is 4.07. The Morgan fingerprint density at radius 1 is 1.36 bits per heavy atom. The molecule has 3 heteroatoms. The molecule has 1 N–H and O–H groups in total. The van der Waals surface area contributed by atoms with Crippen LogP contribution in [0.25, 0.3) is 0 Å². The van der Waals surface area contributed by atoms with E-state index in [2.05, 4.69) is 35.1 Å². The molecule has 1 aromatic heterocycles. The average Bonchev–Trinajstić information content (AvgIpc) is 2.26. The fourth-order valence-corrected chi connectivity index (χ4v) is 1.40. The zero-order chi connectivity index (χ0) is 10.4. The van der Waals surface area contributed by atoms with Gasteiger partial charge in [0.05, 0.1) is 5.69 Å². The van der Waals surface area contributed by atoms with Crippen LogP contribution < -0.4 is 5.32 Å². The van der Waals surface area contributed by atoms with Gasteiger partial charge in [-0.05, 0) is 25.2 Å². The third-order valence-electron chi connectivity index (χ3n) is 2.39. The van der Waals surface area contributed by atoms with E-state index in [4.69, 9.17) is 0 Å². The first kappa shape index (κ1) is 11.0. The van der Waals surface area contributed by atoms with Crippen molar-refractivity contribution in [3.8, 4) is 0 Å². The Morgan fingerprint density at radius 3 is 2.64 bits per heavy atom. The summed E-state index contributed by atoms with van der Waals surface area (Å²) in [5.41, 5.74) is 2.25. The van der Waals surface area contributed by atoms with E-state index in [0.29, 0.717) is 0 Å². The van der Waals surface area contributed by atoms with Gasteiger partial charge in [0.2, 0.25) is 0 Å². The first-order valence-corrected chi connectivity index (χ1v) is 5.15. The molecular formula is C11H19N3. The van der Waals surface area contributed by atoms with Crippen LogP contribution in [0.2, 0.25) is 0 Å². The lowest BCUT2D eigenvalue weighted by molar-refractivity contribution is 0.292. The summed E-state index contributed by atoms with van der Waals surface area (Å²) in [6.07, 6.45) is 1.85. The molecule has 0 atom stereocenters. The normalized spacial score (nSPS) is 10.6. The molecule has 78 valence electrons. The maximum atomic E-state index is 4.34. The molecule has 1 heterocycles. The fourth-order valence-electron chi connectivity index (χ4n) is 1.40. The van der Waals surface area contributed by atoms with Crippen molar-refractivity contribution >= 4 is 5.69 Å². The van der Waals surface area contributed by atoms with Crippen LogP contribution in [0.4, 0.5) is 5.69 Å². The first-order chi connectivity index (χ1) is 6.80. The Hall–Kier alpha value is -1.09. The Kier molecular flexibility index (Phi) is 4.40. The molecule has 0 fully saturated rings. The van der Waals surface area contributed by atoms with Crippen LogP contribution >= 0.6 is 0 Å². The predicted molar refractivity (Wildman–Crippen MR) is 60.4 cm³/mol. The Bertz CT molecular complexity index is 269. The smallest absolute Gasteiger partial charge is 0.0564 e. The van der Waals surface area contributed by atoms with Crippen LogP contribution in [0.1, 0.15) is 19.5 Å². The van der Waals surface area contributed by atoms with E-state index in [-0.39, 0.29) is 0 Å². The van der Waals surface area contributed by atoms with Crippen molar-refractivity contribution in [2.24, 2.45) is 0 Å². The molecule has 1 rings (SSSR count). The third-order valence-corrected chi connectivity index (χ3v) is 2.39. The molecule has 0 bridgehead atoms. The third kappa shape index (κ3) is 3.00. The van der Waals surface area contributed by atoms with E-state index < -0.39 is 0 Å². The minimum Gasteiger partial charge on any atom is -0.388 e. The minimum absolute atomic E-state index is 0.933. The lowest BCUT2D eigenvalue weighted by Crippen LogP contribution is -2.22. The summed E-state index contributed by atoms with van der Waals surface area (Å²) in [4.78, 5) is 6.69. The molecule has 0 aromatic carbocycles. The van der Waals surface area contributed by atoms with Crippen molar-refractivity contribution in [1.82, 2.24) is 9.88 Å². The topological polar surface area (TPSA) is 28.2 Å². The SMILES string of the molecule is CCN(CC)Cc1cc(NC)ccn1. The number of nitrogens with one attached hydrogen (secondary N) is 1. The zero-order valence-electron chi connectivity index (χ0n) is 9.25. The van der Waals surface area contributed by atoms with Gasteiger partial charge in [0, 0.05) is 25.5 Å². The van der Waals surface area contributed by atoms with Crippen LogP contribution in [-0.2, 0) is 6.54 Å². The monoisotopic (exact) mass is 193 g/mol. The summed E-state index contributed by atoms with van der Waals surface area (Å²) in [5, 5.41) is 3.12. The quantitative estimate of drug-likeness (QED) is 0.775. The fraction of sp³-hybridized carbons (Fsp3) is 0.545. The van der Waals surface area contributed by atoms with Crippen LogP contribution in [0, 0.1) is 0 Å². The van der Waals surface area contributed by atoms with Gasteiger partial charge in [-0.2, -0.15) is 0 Å². The molecule has 0 spiro atoms. The molecular weight excluding hydrogens is 174 g/mol. The standard InChI is InChI=1S/C11H19N3/c1-4-14(5-2)9-11-8-10(12-3)6-7-13-11/h6-8H,4-5,9H2,1-3H3,(H,12,13). The van der Waals surface area contributed by atoms with Crippen molar-refractivity contribution in [2.75, 3.05) is 25.5 Å². The van der Waals surface area contributed by atoms with Crippen molar-refractivity contribution in [1.29, 1.82) is 0 Å². The average molecular weight is 193 g/mol. The van der Waals surface area contributed by atoms with Gasteiger partial charge in [-0.1, -0.05) is 13.8 Å². The highest BCUT2D eigenvalue weighted by Gasteiger charge is 2.02. The molecule has 3 nitrogen and oxygen atoms in total. The molecule has 0 radical (unpaired) electrons. The number of anilines is 1. The summed E-state index contributed by atoms with van der Waals surface area (Å²) < 4.78 is 0. The van der Waals surface area contributed by atoms with E-state index in [0.717, 1.165) is 31.0 Å². The number of hydrogen-bond donors (Lipinski definition) is 1. The zero-order valence-corrected chi connectivity index (χ0v) is 9.25. The highest BCUT2D eigenvalue weighted by atomic mass is 15.1. The number of hydrogen-bond acceptors (Lipinski definition) is 3. The molecule has 0 aliphatic heterocycles. The molecule has 0 amide bonds. The van der Waals surface area contributed by atoms with E-state index in [9.17, 15) is 0 Å². The first-order valence-electron chi connectivity index (χ1n) is 5.15. The minimum atomic E-state index is 0.933. The van der Waals surface area contributed by atoms with Gasteiger partial charge in [0.25, 0.3) is 0 Å². The molecule has 0 aliphatic carbocycles. The summed E-state index contributed by atoms with van der Waals surface area (Å²) >= 11 is 0. The summed E-state index contributed by atoms with van der Waals surface area (Å²) in [7, 11) is 1.93. The second kappa shape index (κ2) is 5.60. The van der Waals surface area contributed by atoms with Crippen molar-refractivity contribution in [2.45, 2.75) is 20.4 Å². The van der Waals surface area contributed by atoms with E-state index in [1.165, 1.54) is 0 Å². The predicted octanol–water partition coefficient (Wildman–Crippen LogP) is 1.97. The lowest BCUT2D eigenvalue weighted by Gasteiger charge is -2.17.